The summed E-state index contributed by atoms with van der Waals surface area (Å²) in [6.45, 7) is 4.30. The van der Waals surface area contributed by atoms with Crippen LogP contribution in [-0.2, 0) is 21.2 Å². The van der Waals surface area contributed by atoms with Gasteiger partial charge in [-0.05, 0) is 55.5 Å². The lowest BCUT2D eigenvalue weighted by molar-refractivity contribution is -0.119. The average molecular weight is 387 g/mol. The van der Waals surface area contributed by atoms with Gasteiger partial charge < -0.3 is 5.32 Å². The Morgan fingerprint density at radius 3 is 2.56 bits per heavy atom. The number of sulfonamides is 1. The molecule has 1 aliphatic rings. The molecule has 144 valence electrons. The summed E-state index contributed by atoms with van der Waals surface area (Å²) in [6, 6.07) is 15.3. The van der Waals surface area contributed by atoms with E-state index in [0.29, 0.717) is 30.8 Å². The van der Waals surface area contributed by atoms with Gasteiger partial charge in [0.2, 0.25) is 15.9 Å². The number of rotatable bonds is 5. The van der Waals surface area contributed by atoms with Crippen LogP contribution in [0.5, 0.6) is 0 Å². The Labute approximate surface area is 161 Å². The number of hydrogen-bond acceptors (Lipinski definition) is 3. The van der Waals surface area contributed by atoms with Crippen LogP contribution in [0.2, 0.25) is 0 Å². The molecule has 2 aromatic rings. The highest BCUT2D eigenvalue weighted by atomic mass is 32.2. The largest absolute Gasteiger partial charge is 0.326 e. The van der Waals surface area contributed by atoms with Crippen LogP contribution in [0.25, 0.3) is 0 Å². The van der Waals surface area contributed by atoms with Crippen molar-refractivity contribution in [3.05, 3.63) is 59.7 Å². The van der Waals surface area contributed by atoms with Gasteiger partial charge in [-0.3, -0.25) is 9.10 Å². The summed E-state index contributed by atoms with van der Waals surface area (Å²) in [5.74, 6) is -0.00600. The van der Waals surface area contributed by atoms with Gasteiger partial charge in [-0.2, -0.15) is 0 Å². The molecule has 1 fully saturated rings. The van der Waals surface area contributed by atoms with Crippen LogP contribution in [-0.4, -0.2) is 26.6 Å². The van der Waals surface area contributed by atoms with Crippen molar-refractivity contribution in [2.75, 3.05) is 21.9 Å². The molecule has 27 heavy (non-hydrogen) atoms. The first-order valence-electron chi connectivity index (χ1n) is 9.33. The normalized spacial score (nSPS) is 17.3. The zero-order valence-corrected chi connectivity index (χ0v) is 16.6. The minimum Gasteiger partial charge on any atom is -0.326 e. The fourth-order valence-corrected chi connectivity index (χ4v) is 5.10. The molecular weight excluding hydrogens is 360 g/mol. The van der Waals surface area contributed by atoms with Crippen LogP contribution in [0.1, 0.15) is 30.9 Å². The van der Waals surface area contributed by atoms with E-state index in [-0.39, 0.29) is 17.6 Å². The Morgan fingerprint density at radius 1 is 1.15 bits per heavy atom. The fourth-order valence-electron chi connectivity index (χ4n) is 3.40. The molecule has 2 aromatic carbocycles. The molecule has 0 aliphatic carbocycles. The maximum atomic E-state index is 12.5. The van der Waals surface area contributed by atoms with Gasteiger partial charge in [0.05, 0.1) is 11.4 Å². The summed E-state index contributed by atoms with van der Waals surface area (Å²) in [5.41, 5.74) is 3.36. The Balaban J connectivity index is 1.69. The summed E-state index contributed by atoms with van der Waals surface area (Å²) in [5, 5.41) is 2.95. The molecule has 1 saturated heterocycles. The highest BCUT2D eigenvalue weighted by molar-refractivity contribution is 7.92. The molecule has 0 spiro atoms. The number of carbonyl (C=O) groups excluding carboxylic acids is 1. The minimum absolute atomic E-state index is 0.0448. The van der Waals surface area contributed by atoms with E-state index in [1.165, 1.54) is 4.31 Å². The van der Waals surface area contributed by atoms with E-state index >= 15 is 0 Å². The number of carbonyl (C=O) groups is 1. The second-order valence-corrected chi connectivity index (χ2v) is 9.19. The van der Waals surface area contributed by atoms with Crippen molar-refractivity contribution in [2.45, 2.75) is 33.1 Å². The van der Waals surface area contributed by atoms with E-state index in [4.69, 9.17) is 0 Å². The Morgan fingerprint density at radius 2 is 1.89 bits per heavy atom. The lowest BCUT2D eigenvalue weighted by Gasteiger charge is -2.29. The predicted octanol–water partition coefficient (Wildman–Crippen LogP) is 3.74. The first-order chi connectivity index (χ1) is 12.9. The molecule has 1 atom stereocenters. The van der Waals surface area contributed by atoms with Gasteiger partial charge >= 0.3 is 0 Å². The summed E-state index contributed by atoms with van der Waals surface area (Å²) in [7, 11) is -3.24. The van der Waals surface area contributed by atoms with Gasteiger partial charge in [0, 0.05) is 18.2 Å². The zero-order chi connectivity index (χ0) is 19.4. The topological polar surface area (TPSA) is 66.5 Å². The van der Waals surface area contributed by atoms with Crippen LogP contribution in [0.3, 0.4) is 0 Å². The van der Waals surface area contributed by atoms with E-state index in [1.54, 1.807) is 12.1 Å². The zero-order valence-electron chi connectivity index (χ0n) is 15.8. The molecule has 1 unspecified atom stereocenters. The standard InChI is InChI=1S/C21H26N2O3S/c1-16-15-19(10-11-20(16)23-12-6-7-13-27(23,25)26)22-21(24)17(2)14-18-8-4-3-5-9-18/h3-5,8-11,15,17H,6-7,12-14H2,1-2H3,(H,22,24). The Hall–Kier alpha value is -2.34. The van der Waals surface area contributed by atoms with Crippen molar-refractivity contribution in [3.8, 4) is 0 Å². The van der Waals surface area contributed by atoms with Crippen LogP contribution >= 0.6 is 0 Å². The predicted molar refractivity (Wildman–Crippen MR) is 109 cm³/mol. The fraction of sp³-hybridized carbons (Fsp3) is 0.381. The van der Waals surface area contributed by atoms with E-state index in [9.17, 15) is 13.2 Å². The van der Waals surface area contributed by atoms with E-state index in [2.05, 4.69) is 5.32 Å². The van der Waals surface area contributed by atoms with Gasteiger partial charge in [-0.15, -0.1) is 0 Å². The summed E-state index contributed by atoms with van der Waals surface area (Å²) in [6.07, 6.45) is 2.26. The Bertz CT molecular complexity index is 910. The molecular formula is C21H26N2O3S. The second kappa shape index (κ2) is 8.13. The first kappa shape index (κ1) is 19.4. The number of nitrogens with zero attached hydrogens (tertiary/aromatic N) is 1. The third-order valence-electron chi connectivity index (χ3n) is 4.91. The first-order valence-corrected chi connectivity index (χ1v) is 10.9. The molecule has 3 rings (SSSR count). The molecule has 0 radical (unpaired) electrons. The molecule has 0 saturated carbocycles. The average Bonchev–Trinajstić information content (AvgIpc) is 2.63. The third-order valence-corrected chi connectivity index (χ3v) is 6.77. The number of nitrogens with one attached hydrogen (secondary N) is 1. The van der Waals surface area contributed by atoms with Crippen LogP contribution < -0.4 is 9.62 Å². The maximum absolute atomic E-state index is 12.5. The molecule has 0 bridgehead atoms. The molecule has 6 heteroatoms. The van der Waals surface area contributed by atoms with Gasteiger partial charge in [-0.25, -0.2) is 8.42 Å². The number of amides is 1. The van der Waals surface area contributed by atoms with Crippen LogP contribution in [0.15, 0.2) is 48.5 Å². The molecule has 5 nitrogen and oxygen atoms in total. The summed E-state index contributed by atoms with van der Waals surface area (Å²) < 4.78 is 26.1. The van der Waals surface area contributed by atoms with Gasteiger partial charge in [0.25, 0.3) is 0 Å². The van der Waals surface area contributed by atoms with Crippen molar-refractivity contribution in [1.82, 2.24) is 0 Å². The highest BCUT2D eigenvalue weighted by Gasteiger charge is 2.27. The van der Waals surface area contributed by atoms with Crippen molar-refractivity contribution in [3.63, 3.8) is 0 Å². The minimum atomic E-state index is -3.24. The van der Waals surface area contributed by atoms with Crippen LogP contribution in [0.4, 0.5) is 11.4 Å². The molecule has 1 amide bonds. The van der Waals surface area contributed by atoms with Gasteiger partial charge in [0.15, 0.2) is 0 Å². The highest BCUT2D eigenvalue weighted by Crippen LogP contribution is 2.29. The van der Waals surface area contributed by atoms with Crippen molar-refractivity contribution >= 4 is 27.3 Å². The van der Waals surface area contributed by atoms with E-state index in [1.807, 2.05) is 50.2 Å². The summed E-state index contributed by atoms with van der Waals surface area (Å²) in [4.78, 5) is 12.5. The van der Waals surface area contributed by atoms with Crippen molar-refractivity contribution < 1.29 is 13.2 Å². The van der Waals surface area contributed by atoms with E-state index < -0.39 is 10.0 Å². The molecule has 0 aromatic heterocycles. The third kappa shape index (κ3) is 4.69. The van der Waals surface area contributed by atoms with E-state index in [0.717, 1.165) is 17.5 Å². The lowest BCUT2D eigenvalue weighted by Crippen LogP contribution is -2.38. The quantitative estimate of drug-likeness (QED) is 0.851. The number of hydrogen-bond donors (Lipinski definition) is 1. The van der Waals surface area contributed by atoms with Crippen LogP contribution in [0, 0.1) is 12.8 Å². The Kier molecular flexibility index (Phi) is 5.85. The number of benzene rings is 2. The van der Waals surface area contributed by atoms with Crippen molar-refractivity contribution in [2.24, 2.45) is 5.92 Å². The SMILES string of the molecule is Cc1cc(NC(=O)C(C)Cc2ccccc2)ccc1N1CCCCS1(=O)=O. The van der Waals surface area contributed by atoms with Crippen molar-refractivity contribution in [1.29, 1.82) is 0 Å². The lowest BCUT2D eigenvalue weighted by atomic mass is 10.0. The number of aryl methyl sites for hydroxylation is 1. The molecule has 1 heterocycles. The van der Waals surface area contributed by atoms with Gasteiger partial charge in [0.1, 0.15) is 0 Å². The smallest absolute Gasteiger partial charge is 0.235 e. The van der Waals surface area contributed by atoms with Gasteiger partial charge in [-0.1, -0.05) is 37.3 Å². The monoisotopic (exact) mass is 386 g/mol. The number of anilines is 2. The molecule has 1 aliphatic heterocycles. The second-order valence-electron chi connectivity index (χ2n) is 7.18. The molecule has 1 N–H and O–H groups in total. The summed E-state index contributed by atoms with van der Waals surface area (Å²) >= 11 is 0. The maximum Gasteiger partial charge on any atom is 0.235 e.